The van der Waals surface area contributed by atoms with Gasteiger partial charge in [0.25, 0.3) is 5.91 Å². The predicted octanol–water partition coefficient (Wildman–Crippen LogP) is 1.89. The van der Waals surface area contributed by atoms with E-state index in [9.17, 15) is 4.79 Å². The van der Waals surface area contributed by atoms with Crippen LogP contribution in [0.4, 0.5) is 0 Å². The lowest BCUT2D eigenvalue weighted by Gasteiger charge is -1.88. The van der Waals surface area contributed by atoms with E-state index in [0.717, 1.165) is 10.6 Å². The average Bonchev–Trinajstić information content (AvgIpc) is 2.70. The number of imidazole rings is 1. The summed E-state index contributed by atoms with van der Waals surface area (Å²) in [6.45, 7) is 0. The standard InChI is InChI=1S/C8H6ClN3OS/c9-6-2-1-5(14-6)4-3-11-8(12-4)7(10)13/h1-3H,(H2,10,13)(H,11,12). The van der Waals surface area contributed by atoms with E-state index in [1.165, 1.54) is 11.3 Å². The lowest BCUT2D eigenvalue weighted by atomic mass is 10.4. The van der Waals surface area contributed by atoms with E-state index in [-0.39, 0.29) is 5.82 Å². The Morgan fingerprint density at radius 2 is 2.36 bits per heavy atom. The molecule has 14 heavy (non-hydrogen) atoms. The number of nitrogens with two attached hydrogens (primary N) is 1. The minimum atomic E-state index is -0.570. The number of H-pyrrole nitrogens is 1. The van der Waals surface area contributed by atoms with Gasteiger partial charge in [-0.2, -0.15) is 0 Å². The Labute approximate surface area is 88.7 Å². The van der Waals surface area contributed by atoms with Crippen molar-refractivity contribution in [2.24, 2.45) is 5.73 Å². The van der Waals surface area contributed by atoms with Crippen molar-refractivity contribution in [1.82, 2.24) is 9.97 Å². The molecule has 3 N–H and O–H groups in total. The Morgan fingerprint density at radius 3 is 2.86 bits per heavy atom. The molecule has 0 unspecified atom stereocenters. The highest BCUT2D eigenvalue weighted by Gasteiger charge is 2.08. The number of nitrogens with zero attached hydrogens (tertiary/aromatic N) is 1. The van der Waals surface area contributed by atoms with E-state index in [0.29, 0.717) is 4.34 Å². The number of rotatable bonds is 2. The van der Waals surface area contributed by atoms with E-state index in [1.54, 1.807) is 12.3 Å². The molecule has 72 valence electrons. The number of primary amides is 1. The first kappa shape index (κ1) is 9.23. The van der Waals surface area contributed by atoms with Gasteiger partial charge in [0.05, 0.1) is 21.1 Å². The van der Waals surface area contributed by atoms with Gasteiger partial charge in [0.15, 0.2) is 5.82 Å². The smallest absolute Gasteiger partial charge is 0.284 e. The van der Waals surface area contributed by atoms with Gasteiger partial charge in [0.1, 0.15) is 0 Å². The number of hydrogen-bond acceptors (Lipinski definition) is 3. The molecule has 2 rings (SSSR count). The van der Waals surface area contributed by atoms with Crippen LogP contribution in [-0.4, -0.2) is 15.9 Å². The van der Waals surface area contributed by atoms with Crippen molar-refractivity contribution < 1.29 is 4.79 Å². The van der Waals surface area contributed by atoms with E-state index in [2.05, 4.69) is 9.97 Å². The zero-order valence-electron chi connectivity index (χ0n) is 6.95. The number of thiophene rings is 1. The third kappa shape index (κ3) is 1.64. The van der Waals surface area contributed by atoms with Crippen molar-refractivity contribution >= 4 is 28.8 Å². The summed E-state index contributed by atoms with van der Waals surface area (Å²) in [5.41, 5.74) is 5.80. The maximum atomic E-state index is 10.8. The summed E-state index contributed by atoms with van der Waals surface area (Å²) in [5, 5.41) is 0. The molecule has 0 atom stereocenters. The molecule has 0 radical (unpaired) electrons. The number of aromatic amines is 1. The number of hydrogen-bond donors (Lipinski definition) is 2. The van der Waals surface area contributed by atoms with Crippen LogP contribution >= 0.6 is 22.9 Å². The van der Waals surface area contributed by atoms with E-state index < -0.39 is 5.91 Å². The van der Waals surface area contributed by atoms with Crippen LogP contribution in [-0.2, 0) is 0 Å². The molecular weight excluding hydrogens is 222 g/mol. The Balaban J connectivity index is 2.38. The third-order valence-corrected chi connectivity index (χ3v) is 2.91. The molecule has 2 heterocycles. The molecule has 0 fully saturated rings. The highest BCUT2D eigenvalue weighted by Crippen LogP contribution is 2.29. The molecule has 0 aliphatic carbocycles. The van der Waals surface area contributed by atoms with Crippen molar-refractivity contribution in [1.29, 1.82) is 0 Å². The molecule has 0 spiro atoms. The normalized spacial score (nSPS) is 10.4. The van der Waals surface area contributed by atoms with Gasteiger partial charge in [-0.3, -0.25) is 4.79 Å². The van der Waals surface area contributed by atoms with Crippen molar-refractivity contribution in [3.63, 3.8) is 0 Å². The Hall–Kier alpha value is -1.33. The van der Waals surface area contributed by atoms with Crippen LogP contribution in [0.1, 0.15) is 10.6 Å². The first-order chi connectivity index (χ1) is 6.66. The first-order valence-corrected chi connectivity index (χ1v) is 4.97. The van der Waals surface area contributed by atoms with Gasteiger partial charge in [-0.25, -0.2) is 4.98 Å². The van der Waals surface area contributed by atoms with Gasteiger partial charge in [0.2, 0.25) is 0 Å². The third-order valence-electron chi connectivity index (χ3n) is 1.65. The molecular formula is C8H6ClN3OS. The number of carbonyl (C=O) groups is 1. The van der Waals surface area contributed by atoms with Gasteiger partial charge in [-0.1, -0.05) is 11.6 Å². The minimum Gasteiger partial charge on any atom is -0.363 e. The first-order valence-electron chi connectivity index (χ1n) is 3.77. The topological polar surface area (TPSA) is 71.8 Å². The van der Waals surface area contributed by atoms with E-state index >= 15 is 0 Å². The monoisotopic (exact) mass is 227 g/mol. The molecule has 4 nitrogen and oxygen atoms in total. The Morgan fingerprint density at radius 1 is 1.57 bits per heavy atom. The second kappa shape index (κ2) is 3.43. The summed E-state index contributed by atoms with van der Waals surface area (Å²) in [6, 6.07) is 3.64. The van der Waals surface area contributed by atoms with Crippen LogP contribution in [0, 0.1) is 0 Å². The van der Waals surface area contributed by atoms with Crippen molar-refractivity contribution in [3.05, 3.63) is 28.5 Å². The maximum Gasteiger partial charge on any atom is 0.284 e. The number of halogens is 1. The predicted molar refractivity (Wildman–Crippen MR) is 55.4 cm³/mol. The zero-order valence-corrected chi connectivity index (χ0v) is 8.52. The average molecular weight is 228 g/mol. The molecule has 0 saturated carbocycles. The quantitative estimate of drug-likeness (QED) is 0.823. The minimum absolute atomic E-state index is 0.157. The zero-order chi connectivity index (χ0) is 10.1. The van der Waals surface area contributed by atoms with Crippen LogP contribution < -0.4 is 5.73 Å². The lowest BCUT2D eigenvalue weighted by Crippen LogP contribution is -2.12. The van der Waals surface area contributed by atoms with Gasteiger partial charge >= 0.3 is 0 Å². The fraction of sp³-hybridized carbons (Fsp3) is 0. The molecule has 1 amide bonds. The largest absolute Gasteiger partial charge is 0.363 e. The fourth-order valence-electron chi connectivity index (χ4n) is 1.03. The van der Waals surface area contributed by atoms with E-state index in [4.69, 9.17) is 17.3 Å². The molecule has 0 saturated heterocycles. The molecule has 6 heteroatoms. The van der Waals surface area contributed by atoms with Crippen molar-refractivity contribution in [2.75, 3.05) is 0 Å². The van der Waals surface area contributed by atoms with Crippen LogP contribution in [0.15, 0.2) is 18.3 Å². The molecule has 0 bridgehead atoms. The second-order valence-corrected chi connectivity index (χ2v) is 4.33. The van der Waals surface area contributed by atoms with Gasteiger partial charge in [-0.05, 0) is 12.1 Å². The van der Waals surface area contributed by atoms with Crippen LogP contribution in [0.2, 0.25) is 4.34 Å². The molecule has 0 aromatic carbocycles. The van der Waals surface area contributed by atoms with Crippen LogP contribution in [0.3, 0.4) is 0 Å². The highest BCUT2D eigenvalue weighted by molar-refractivity contribution is 7.19. The van der Waals surface area contributed by atoms with E-state index in [1.807, 2.05) is 6.07 Å². The molecule has 2 aromatic heterocycles. The van der Waals surface area contributed by atoms with Gasteiger partial charge in [0, 0.05) is 0 Å². The summed E-state index contributed by atoms with van der Waals surface area (Å²) in [6.07, 6.45) is 1.56. The van der Waals surface area contributed by atoms with Gasteiger partial charge in [-0.15, -0.1) is 11.3 Å². The summed E-state index contributed by atoms with van der Waals surface area (Å²) >= 11 is 7.18. The second-order valence-electron chi connectivity index (χ2n) is 2.61. The summed E-state index contributed by atoms with van der Waals surface area (Å²) in [5.74, 6) is -0.413. The molecule has 2 aromatic rings. The molecule has 0 aliphatic rings. The number of carbonyl (C=O) groups excluding carboxylic acids is 1. The number of aromatic nitrogens is 2. The highest BCUT2D eigenvalue weighted by atomic mass is 35.5. The van der Waals surface area contributed by atoms with Gasteiger partial charge < -0.3 is 10.7 Å². The number of amides is 1. The number of nitrogens with one attached hydrogen (secondary N) is 1. The van der Waals surface area contributed by atoms with Crippen LogP contribution in [0.25, 0.3) is 10.6 Å². The summed E-state index contributed by atoms with van der Waals surface area (Å²) in [4.78, 5) is 18.3. The van der Waals surface area contributed by atoms with Crippen LogP contribution in [0.5, 0.6) is 0 Å². The Bertz CT molecular complexity index is 476. The maximum absolute atomic E-state index is 10.8. The molecule has 0 aliphatic heterocycles. The Kier molecular flexibility index (Phi) is 2.26. The lowest BCUT2D eigenvalue weighted by molar-refractivity contribution is 0.0991. The SMILES string of the molecule is NC(=O)c1ncc(-c2ccc(Cl)s2)[nH]1. The summed E-state index contributed by atoms with van der Waals surface area (Å²) < 4.78 is 0.690. The fourth-order valence-corrected chi connectivity index (χ4v) is 2.04. The van der Waals surface area contributed by atoms with Crippen molar-refractivity contribution in [3.8, 4) is 10.6 Å². The summed E-state index contributed by atoms with van der Waals surface area (Å²) in [7, 11) is 0. The van der Waals surface area contributed by atoms with Crippen molar-refractivity contribution in [2.45, 2.75) is 0 Å².